The van der Waals surface area contributed by atoms with Crippen LogP contribution in [-0.2, 0) is 9.59 Å². The van der Waals surface area contributed by atoms with Gasteiger partial charge in [-0.05, 0) is 59.8 Å². The molecule has 2 rings (SSSR count). The third kappa shape index (κ3) is 3.17. The van der Waals surface area contributed by atoms with Gasteiger partial charge in [-0.25, -0.2) is 4.39 Å². The quantitative estimate of drug-likeness (QED) is 0.884. The summed E-state index contributed by atoms with van der Waals surface area (Å²) in [6.45, 7) is 1.77. The minimum Gasteiger partial charge on any atom is -0.481 e. The highest BCUT2D eigenvalue weighted by atomic mass is 79.9. The Labute approximate surface area is 124 Å². The van der Waals surface area contributed by atoms with E-state index in [1.54, 1.807) is 13.0 Å². The first-order valence-corrected chi connectivity index (χ1v) is 7.17. The van der Waals surface area contributed by atoms with Crippen molar-refractivity contribution >= 4 is 33.5 Å². The Morgan fingerprint density at radius 3 is 2.60 bits per heavy atom. The van der Waals surface area contributed by atoms with Gasteiger partial charge in [-0.3, -0.25) is 9.59 Å². The van der Waals surface area contributed by atoms with E-state index in [1.165, 1.54) is 6.07 Å². The number of rotatable bonds is 3. The number of hydrogen-bond acceptors (Lipinski definition) is 2. The number of aryl methyl sites for hydroxylation is 1. The van der Waals surface area contributed by atoms with Gasteiger partial charge < -0.3 is 10.4 Å². The number of carbonyl (C=O) groups is 2. The fourth-order valence-electron chi connectivity index (χ4n) is 2.46. The third-order valence-corrected chi connectivity index (χ3v) is 4.29. The average molecular weight is 344 g/mol. The summed E-state index contributed by atoms with van der Waals surface area (Å²) >= 11 is 3.08. The van der Waals surface area contributed by atoms with Crippen LogP contribution < -0.4 is 5.32 Å². The molecule has 1 aromatic carbocycles. The van der Waals surface area contributed by atoms with Crippen molar-refractivity contribution in [2.24, 2.45) is 11.8 Å². The van der Waals surface area contributed by atoms with E-state index in [-0.39, 0.29) is 11.8 Å². The molecule has 0 bridgehead atoms. The molecule has 0 aliphatic heterocycles. The first kappa shape index (κ1) is 15.0. The molecule has 0 aromatic heterocycles. The van der Waals surface area contributed by atoms with Crippen molar-refractivity contribution in [3.63, 3.8) is 0 Å². The summed E-state index contributed by atoms with van der Waals surface area (Å²) in [7, 11) is 0. The molecule has 1 aliphatic carbocycles. The Balaban J connectivity index is 2.06. The first-order chi connectivity index (χ1) is 9.38. The second-order valence-electron chi connectivity index (χ2n) is 5.12. The minimum absolute atomic E-state index is 0.237. The van der Waals surface area contributed by atoms with Crippen LogP contribution >= 0.6 is 15.9 Å². The summed E-state index contributed by atoms with van der Waals surface area (Å²) in [5.41, 5.74) is 1.17. The molecule has 1 amide bonds. The van der Waals surface area contributed by atoms with Gasteiger partial charge in [0.05, 0.1) is 10.4 Å². The van der Waals surface area contributed by atoms with Crippen LogP contribution in [0.1, 0.15) is 24.8 Å². The molecule has 2 atom stereocenters. The lowest BCUT2D eigenvalue weighted by atomic mass is 10.0. The number of carboxylic acid groups (broad SMARTS) is 1. The predicted molar refractivity (Wildman–Crippen MR) is 75.9 cm³/mol. The van der Waals surface area contributed by atoms with Crippen LogP contribution in [0.25, 0.3) is 0 Å². The lowest BCUT2D eigenvalue weighted by Crippen LogP contribution is -2.22. The van der Waals surface area contributed by atoms with E-state index in [0.29, 0.717) is 29.4 Å². The fraction of sp³-hybridized carbons (Fsp3) is 0.429. The molecule has 1 saturated carbocycles. The van der Waals surface area contributed by atoms with Gasteiger partial charge in [0.25, 0.3) is 0 Å². The number of carboxylic acids is 1. The van der Waals surface area contributed by atoms with Gasteiger partial charge in [0, 0.05) is 11.6 Å². The van der Waals surface area contributed by atoms with Crippen LogP contribution in [0.4, 0.5) is 10.1 Å². The van der Waals surface area contributed by atoms with Gasteiger partial charge in [-0.1, -0.05) is 0 Å². The van der Waals surface area contributed by atoms with E-state index in [2.05, 4.69) is 21.2 Å². The van der Waals surface area contributed by atoms with Crippen LogP contribution in [-0.4, -0.2) is 17.0 Å². The molecular weight excluding hydrogens is 329 g/mol. The number of nitrogens with one attached hydrogen (secondary N) is 1. The maximum atomic E-state index is 13.5. The molecular formula is C14H15BrFNO3. The normalized spacial score (nSPS) is 21.8. The Morgan fingerprint density at radius 1 is 1.35 bits per heavy atom. The SMILES string of the molecule is Cc1cc(Br)c(F)cc1NC(=O)C1CCC(C(=O)O)C1. The second-order valence-corrected chi connectivity index (χ2v) is 5.97. The number of carbonyl (C=O) groups excluding carboxylic acids is 1. The molecule has 0 heterocycles. The van der Waals surface area contributed by atoms with E-state index < -0.39 is 17.7 Å². The Hall–Kier alpha value is -1.43. The van der Waals surface area contributed by atoms with Crippen molar-refractivity contribution in [3.8, 4) is 0 Å². The summed E-state index contributed by atoms with van der Waals surface area (Å²) in [6.07, 6.45) is 1.42. The molecule has 1 aromatic rings. The van der Waals surface area contributed by atoms with Crippen LogP contribution in [0.3, 0.4) is 0 Å². The maximum Gasteiger partial charge on any atom is 0.306 e. The summed E-state index contributed by atoms with van der Waals surface area (Å²) in [6, 6.07) is 2.86. The van der Waals surface area contributed by atoms with Gasteiger partial charge in [0.15, 0.2) is 0 Å². The average Bonchev–Trinajstić information content (AvgIpc) is 2.85. The Morgan fingerprint density at radius 2 is 2.00 bits per heavy atom. The van der Waals surface area contributed by atoms with E-state index >= 15 is 0 Å². The third-order valence-electron chi connectivity index (χ3n) is 3.68. The molecule has 4 nitrogen and oxygen atoms in total. The molecule has 0 saturated heterocycles. The number of hydrogen-bond donors (Lipinski definition) is 2. The molecule has 20 heavy (non-hydrogen) atoms. The van der Waals surface area contributed by atoms with Crippen LogP contribution in [0.5, 0.6) is 0 Å². The fourth-order valence-corrected chi connectivity index (χ4v) is 2.92. The van der Waals surface area contributed by atoms with Crippen molar-refractivity contribution in [2.75, 3.05) is 5.32 Å². The monoisotopic (exact) mass is 343 g/mol. The maximum absolute atomic E-state index is 13.5. The number of benzene rings is 1. The molecule has 108 valence electrons. The van der Waals surface area contributed by atoms with Crippen molar-refractivity contribution in [3.05, 3.63) is 28.0 Å². The van der Waals surface area contributed by atoms with Crippen molar-refractivity contribution in [1.29, 1.82) is 0 Å². The zero-order chi connectivity index (χ0) is 14.9. The van der Waals surface area contributed by atoms with Gasteiger partial charge in [-0.2, -0.15) is 0 Å². The molecule has 2 unspecified atom stereocenters. The zero-order valence-corrected chi connectivity index (χ0v) is 12.5. The molecule has 1 aliphatic rings. The number of halogens is 2. The number of amides is 1. The summed E-state index contributed by atoms with van der Waals surface area (Å²) in [5, 5.41) is 11.6. The van der Waals surface area contributed by atoms with E-state index in [9.17, 15) is 14.0 Å². The van der Waals surface area contributed by atoms with Crippen molar-refractivity contribution < 1.29 is 19.1 Å². The molecule has 0 spiro atoms. The zero-order valence-electron chi connectivity index (χ0n) is 11.0. The minimum atomic E-state index is -0.855. The summed E-state index contributed by atoms with van der Waals surface area (Å²) in [4.78, 5) is 23.0. The highest BCUT2D eigenvalue weighted by molar-refractivity contribution is 9.10. The number of anilines is 1. The number of aliphatic carboxylic acids is 1. The van der Waals surface area contributed by atoms with Crippen molar-refractivity contribution in [1.82, 2.24) is 0 Å². The lowest BCUT2D eigenvalue weighted by molar-refractivity contribution is -0.141. The van der Waals surface area contributed by atoms with E-state index in [0.717, 1.165) is 5.56 Å². The smallest absolute Gasteiger partial charge is 0.306 e. The molecule has 1 fully saturated rings. The second kappa shape index (κ2) is 5.91. The van der Waals surface area contributed by atoms with Gasteiger partial charge in [-0.15, -0.1) is 0 Å². The van der Waals surface area contributed by atoms with Crippen molar-refractivity contribution in [2.45, 2.75) is 26.2 Å². The standard InChI is InChI=1S/C14H15BrFNO3/c1-7-4-10(15)11(16)6-12(7)17-13(18)8-2-3-9(5-8)14(19)20/h4,6,8-9H,2-3,5H2,1H3,(H,17,18)(H,19,20). The van der Waals surface area contributed by atoms with E-state index in [1.807, 2.05) is 0 Å². The lowest BCUT2D eigenvalue weighted by Gasteiger charge is -2.13. The van der Waals surface area contributed by atoms with Crippen LogP contribution in [0.15, 0.2) is 16.6 Å². The molecule has 2 N–H and O–H groups in total. The predicted octanol–water partition coefficient (Wildman–Crippen LogP) is 3.34. The van der Waals surface area contributed by atoms with Gasteiger partial charge >= 0.3 is 5.97 Å². The Bertz CT molecular complexity index is 562. The summed E-state index contributed by atoms with van der Waals surface area (Å²) in [5.74, 6) is -2.30. The Kier molecular flexibility index (Phi) is 4.42. The first-order valence-electron chi connectivity index (χ1n) is 6.37. The topological polar surface area (TPSA) is 66.4 Å². The van der Waals surface area contributed by atoms with Gasteiger partial charge in [0.1, 0.15) is 5.82 Å². The summed E-state index contributed by atoms with van der Waals surface area (Å²) < 4.78 is 13.8. The van der Waals surface area contributed by atoms with Gasteiger partial charge in [0.2, 0.25) is 5.91 Å². The highest BCUT2D eigenvalue weighted by Gasteiger charge is 2.33. The largest absolute Gasteiger partial charge is 0.481 e. The molecule has 6 heteroatoms. The highest BCUT2D eigenvalue weighted by Crippen LogP contribution is 2.32. The van der Waals surface area contributed by atoms with E-state index in [4.69, 9.17) is 5.11 Å². The van der Waals surface area contributed by atoms with Crippen LogP contribution in [0, 0.1) is 24.6 Å². The van der Waals surface area contributed by atoms with Crippen LogP contribution in [0.2, 0.25) is 0 Å². The molecule has 0 radical (unpaired) electrons.